The first-order valence-corrected chi connectivity index (χ1v) is 5.37. The van der Waals surface area contributed by atoms with Crippen LogP contribution in [0.15, 0.2) is 6.07 Å². The Bertz CT molecular complexity index is 281. The van der Waals surface area contributed by atoms with Gasteiger partial charge in [0.05, 0.1) is 11.4 Å². The summed E-state index contributed by atoms with van der Waals surface area (Å²) in [5, 5.41) is 7.86. The fourth-order valence-electron chi connectivity index (χ4n) is 1.35. The summed E-state index contributed by atoms with van der Waals surface area (Å²) in [6.07, 6.45) is 0.998. The third kappa shape index (κ3) is 3.68. The molecule has 0 saturated heterocycles. The van der Waals surface area contributed by atoms with Crippen LogP contribution in [0.25, 0.3) is 0 Å². The van der Waals surface area contributed by atoms with Gasteiger partial charge >= 0.3 is 0 Å². The lowest BCUT2D eigenvalue weighted by molar-refractivity contribution is 0.604. The van der Waals surface area contributed by atoms with Gasteiger partial charge in [0.25, 0.3) is 0 Å². The first kappa shape index (κ1) is 11.5. The molecule has 0 aromatic carbocycles. The van der Waals surface area contributed by atoms with Gasteiger partial charge < -0.3 is 5.32 Å². The van der Waals surface area contributed by atoms with Crippen molar-refractivity contribution >= 4 is 11.6 Å². The molecule has 0 aliphatic heterocycles. The predicted molar refractivity (Wildman–Crippen MR) is 59.6 cm³/mol. The molecule has 0 bridgehead atoms. The summed E-state index contributed by atoms with van der Waals surface area (Å²) in [5.74, 6) is 0. The molecule has 0 fully saturated rings. The first-order valence-electron chi connectivity index (χ1n) is 4.94. The molecule has 4 heteroatoms. The van der Waals surface area contributed by atoms with E-state index in [1.165, 1.54) is 5.69 Å². The topological polar surface area (TPSA) is 29.9 Å². The minimum absolute atomic E-state index is 0.246. The maximum absolute atomic E-state index is 5.84. The summed E-state index contributed by atoms with van der Waals surface area (Å²) < 4.78 is 1.91. The van der Waals surface area contributed by atoms with Gasteiger partial charge in [0.2, 0.25) is 0 Å². The Hall–Kier alpha value is -0.540. The normalized spacial score (nSPS) is 13.1. The van der Waals surface area contributed by atoms with Gasteiger partial charge in [-0.1, -0.05) is 0 Å². The highest BCUT2D eigenvalue weighted by atomic mass is 35.5. The van der Waals surface area contributed by atoms with E-state index in [1.807, 2.05) is 25.6 Å². The van der Waals surface area contributed by atoms with E-state index in [1.54, 1.807) is 0 Å². The summed E-state index contributed by atoms with van der Waals surface area (Å²) in [6.45, 7) is 5.83. The summed E-state index contributed by atoms with van der Waals surface area (Å²) in [6, 6.07) is 2.09. The second-order valence-electron chi connectivity index (χ2n) is 3.65. The molecule has 3 nitrogen and oxygen atoms in total. The summed E-state index contributed by atoms with van der Waals surface area (Å²) in [4.78, 5) is 0. The van der Waals surface area contributed by atoms with Crippen molar-refractivity contribution in [1.29, 1.82) is 0 Å². The Balaban J connectivity index is 2.28. The quantitative estimate of drug-likeness (QED) is 0.600. The Morgan fingerprint density at radius 1 is 1.64 bits per heavy atom. The van der Waals surface area contributed by atoms with Crippen LogP contribution in [0.4, 0.5) is 0 Å². The van der Waals surface area contributed by atoms with Crippen molar-refractivity contribution in [2.24, 2.45) is 7.05 Å². The van der Waals surface area contributed by atoms with Crippen LogP contribution >= 0.6 is 11.6 Å². The molecule has 1 aromatic heterocycles. The molecule has 0 saturated carbocycles. The predicted octanol–water partition coefficient (Wildman–Crippen LogP) is 1.84. The van der Waals surface area contributed by atoms with Gasteiger partial charge in [0.1, 0.15) is 0 Å². The van der Waals surface area contributed by atoms with Crippen molar-refractivity contribution in [3.05, 3.63) is 17.5 Å². The van der Waals surface area contributed by atoms with E-state index in [2.05, 4.69) is 16.5 Å². The largest absolute Gasteiger partial charge is 0.311 e. The zero-order valence-corrected chi connectivity index (χ0v) is 9.80. The van der Waals surface area contributed by atoms with E-state index >= 15 is 0 Å². The number of aromatic nitrogens is 2. The molecule has 1 N–H and O–H groups in total. The van der Waals surface area contributed by atoms with Crippen LogP contribution in [0.5, 0.6) is 0 Å². The second-order valence-corrected chi connectivity index (χ2v) is 4.39. The summed E-state index contributed by atoms with van der Waals surface area (Å²) in [5.41, 5.74) is 2.28. The van der Waals surface area contributed by atoms with Gasteiger partial charge in [-0.05, 0) is 32.9 Å². The minimum atomic E-state index is 0.246. The SMILES string of the molecule is Cc1cc(CNCCC(C)Cl)n(C)n1. The van der Waals surface area contributed by atoms with Crippen LogP contribution in [-0.4, -0.2) is 21.7 Å². The number of nitrogens with zero attached hydrogens (tertiary/aromatic N) is 2. The summed E-state index contributed by atoms with van der Waals surface area (Å²) in [7, 11) is 1.97. The van der Waals surface area contributed by atoms with E-state index in [0.29, 0.717) is 0 Å². The average Bonchev–Trinajstić information content (AvgIpc) is 2.39. The summed E-state index contributed by atoms with van der Waals surface area (Å²) >= 11 is 5.84. The van der Waals surface area contributed by atoms with E-state index in [0.717, 1.165) is 25.2 Å². The molecular weight excluding hydrogens is 198 g/mol. The number of aryl methyl sites for hydroxylation is 2. The van der Waals surface area contributed by atoms with Crippen LogP contribution in [-0.2, 0) is 13.6 Å². The van der Waals surface area contributed by atoms with Crippen molar-refractivity contribution in [3.8, 4) is 0 Å². The molecular formula is C10H18ClN3. The number of nitrogens with one attached hydrogen (secondary N) is 1. The second kappa shape index (κ2) is 5.37. The third-order valence-corrected chi connectivity index (χ3v) is 2.34. The van der Waals surface area contributed by atoms with Crippen LogP contribution < -0.4 is 5.32 Å². The molecule has 0 radical (unpaired) electrons. The minimum Gasteiger partial charge on any atom is -0.311 e. The lowest BCUT2D eigenvalue weighted by Crippen LogP contribution is -2.18. The van der Waals surface area contributed by atoms with Crippen molar-refractivity contribution < 1.29 is 0 Å². The monoisotopic (exact) mass is 215 g/mol. The standard InChI is InChI=1S/C10H18ClN3/c1-8(11)4-5-12-7-10-6-9(2)13-14(10)3/h6,8,12H,4-5,7H2,1-3H3. The molecule has 1 aromatic rings. The van der Waals surface area contributed by atoms with Crippen molar-refractivity contribution in [3.63, 3.8) is 0 Å². The van der Waals surface area contributed by atoms with E-state index in [-0.39, 0.29) is 5.38 Å². The van der Waals surface area contributed by atoms with Gasteiger partial charge in [0.15, 0.2) is 0 Å². The van der Waals surface area contributed by atoms with Crippen molar-refractivity contribution in [1.82, 2.24) is 15.1 Å². The van der Waals surface area contributed by atoms with Crippen LogP contribution in [0.2, 0.25) is 0 Å². The Kier molecular flexibility index (Phi) is 4.42. The molecule has 80 valence electrons. The zero-order valence-electron chi connectivity index (χ0n) is 9.05. The van der Waals surface area contributed by atoms with Gasteiger partial charge in [-0.25, -0.2) is 0 Å². The molecule has 0 aliphatic carbocycles. The van der Waals surface area contributed by atoms with Crippen LogP contribution in [0.1, 0.15) is 24.7 Å². The fourth-order valence-corrected chi connectivity index (χ4v) is 1.46. The highest BCUT2D eigenvalue weighted by Gasteiger charge is 2.01. The first-order chi connectivity index (χ1) is 6.59. The lowest BCUT2D eigenvalue weighted by Gasteiger charge is -2.05. The van der Waals surface area contributed by atoms with Gasteiger partial charge in [-0.15, -0.1) is 11.6 Å². The highest BCUT2D eigenvalue weighted by Crippen LogP contribution is 2.02. The van der Waals surface area contributed by atoms with E-state index in [9.17, 15) is 0 Å². The number of rotatable bonds is 5. The maximum atomic E-state index is 5.84. The number of hydrogen-bond acceptors (Lipinski definition) is 2. The Morgan fingerprint density at radius 3 is 2.86 bits per heavy atom. The van der Waals surface area contributed by atoms with Gasteiger partial charge in [-0.3, -0.25) is 4.68 Å². The molecule has 0 spiro atoms. The lowest BCUT2D eigenvalue weighted by atomic mass is 10.3. The molecule has 0 aliphatic rings. The molecule has 1 rings (SSSR count). The Morgan fingerprint density at radius 2 is 2.36 bits per heavy atom. The number of halogens is 1. The fraction of sp³-hybridized carbons (Fsp3) is 0.700. The van der Waals surface area contributed by atoms with Crippen LogP contribution in [0, 0.1) is 6.92 Å². The van der Waals surface area contributed by atoms with E-state index < -0.39 is 0 Å². The highest BCUT2D eigenvalue weighted by molar-refractivity contribution is 6.20. The van der Waals surface area contributed by atoms with Crippen molar-refractivity contribution in [2.45, 2.75) is 32.2 Å². The smallest absolute Gasteiger partial charge is 0.0597 e. The Labute approximate surface area is 90.4 Å². The average molecular weight is 216 g/mol. The molecule has 1 heterocycles. The molecule has 0 amide bonds. The van der Waals surface area contributed by atoms with Crippen LogP contribution in [0.3, 0.4) is 0 Å². The molecule has 14 heavy (non-hydrogen) atoms. The van der Waals surface area contributed by atoms with Crippen molar-refractivity contribution in [2.75, 3.05) is 6.54 Å². The third-order valence-electron chi connectivity index (χ3n) is 2.12. The van der Waals surface area contributed by atoms with Gasteiger partial charge in [0, 0.05) is 19.0 Å². The van der Waals surface area contributed by atoms with E-state index in [4.69, 9.17) is 11.6 Å². The maximum Gasteiger partial charge on any atom is 0.0597 e. The van der Waals surface area contributed by atoms with Gasteiger partial charge in [-0.2, -0.15) is 5.10 Å². The number of hydrogen-bond donors (Lipinski definition) is 1. The zero-order chi connectivity index (χ0) is 10.6. The molecule has 1 atom stereocenters. The molecule has 1 unspecified atom stereocenters. The number of alkyl halides is 1.